The van der Waals surface area contributed by atoms with Crippen molar-refractivity contribution >= 4 is 12.4 Å². The molecule has 0 bridgehead atoms. The minimum Gasteiger partial charge on any atom is -0.493 e. The Morgan fingerprint density at radius 3 is 2.35 bits per heavy atom. The molecule has 0 radical (unpaired) electrons. The molecule has 0 N–H and O–H groups in total. The fourth-order valence-electron chi connectivity index (χ4n) is 2.98. The van der Waals surface area contributed by atoms with Crippen molar-refractivity contribution in [2.75, 3.05) is 14.2 Å². The minimum atomic E-state index is -0.310. The monoisotopic (exact) mass is 312 g/mol. The van der Waals surface area contributed by atoms with Crippen molar-refractivity contribution in [1.82, 2.24) is 0 Å². The number of hydrogen-bond donors (Lipinski definition) is 0. The molecule has 0 amide bonds. The van der Waals surface area contributed by atoms with E-state index in [-0.39, 0.29) is 11.7 Å². The molecule has 3 nitrogen and oxygen atoms in total. The van der Waals surface area contributed by atoms with Gasteiger partial charge in [0.15, 0.2) is 11.5 Å². The first-order valence-corrected chi connectivity index (χ1v) is 7.32. The van der Waals surface area contributed by atoms with E-state index >= 15 is 0 Å². The summed E-state index contributed by atoms with van der Waals surface area (Å²) in [5.74, 6) is 0.679. The highest BCUT2D eigenvalue weighted by Crippen LogP contribution is 2.42. The van der Waals surface area contributed by atoms with E-state index in [0.717, 1.165) is 28.5 Å². The van der Waals surface area contributed by atoms with Gasteiger partial charge in [0.05, 0.1) is 20.1 Å². The Labute approximate surface area is 134 Å². The molecule has 1 aliphatic carbocycles. The molecule has 118 valence electrons. The molecule has 1 unspecified atom stereocenters. The van der Waals surface area contributed by atoms with Gasteiger partial charge in [-0.3, -0.25) is 0 Å². The van der Waals surface area contributed by atoms with Crippen LogP contribution in [0.2, 0.25) is 0 Å². The number of allylic oxidation sites excluding steroid dienone is 1. The first-order chi connectivity index (χ1) is 11.2. The maximum atomic E-state index is 13.0. The molecule has 1 atom stereocenters. The molecule has 4 heteroatoms. The Morgan fingerprint density at radius 2 is 1.74 bits per heavy atom. The smallest absolute Gasteiger partial charge is 0.161 e. The van der Waals surface area contributed by atoms with Crippen LogP contribution in [0.1, 0.15) is 22.6 Å². The number of carbonyl (C=O) groups is 1. The summed E-state index contributed by atoms with van der Waals surface area (Å²) in [6.07, 6.45) is 3.54. The second kappa shape index (κ2) is 6.24. The Hall–Kier alpha value is -2.62. The molecule has 0 saturated heterocycles. The number of ether oxygens (including phenoxy) is 2. The number of carbonyl (C=O) groups excluding carboxylic acids is 1. The molecule has 2 aromatic carbocycles. The summed E-state index contributed by atoms with van der Waals surface area (Å²) in [6.45, 7) is 0. The molecular formula is C19H17FO3. The number of fused-ring (bicyclic) bond motifs is 1. The largest absolute Gasteiger partial charge is 0.493 e. The number of hydrogen-bond acceptors (Lipinski definition) is 3. The number of aldehydes is 1. The van der Waals surface area contributed by atoms with Gasteiger partial charge in [0.2, 0.25) is 0 Å². The van der Waals surface area contributed by atoms with Crippen molar-refractivity contribution in [3.63, 3.8) is 0 Å². The van der Waals surface area contributed by atoms with Crippen LogP contribution in [-0.2, 0) is 11.2 Å². The van der Waals surface area contributed by atoms with Crippen LogP contribution in [0.4, 0.5) is 4.39 Å². The highest BCUT2D eigenvalue weighted by atomic mass is 19.1. The van der Waals surface area contributed by atoms with Gasteiger partial charge in [-0.2, -0.15) is 0 Å². The van der Waals surface area contributed by atoms with E-state index in [1.807, 2.05) is 18.2 Å². The summed E-state index contributed by atoms with van der Waals surface area (Å²) in [5.41, 5.74) is 3.84. The highest BCUT2D eigenvalue weighted by molar-refractivity contribution is 5.77. The lowest BCUT2D eigenvalue weighted by Gasteiger charge is -2.11. The van der Waals surface area contributed by atoms with Gasteiger partial charge in [-0.1, -0.05) is 23.8 Å². The predicted molar refractivity (Wildman–Crippen MR) is 86.4 cm³/mol. The number of benzene rings is 2. The molecule has 2 aromatic rings. The zero-order valence-electron chi connectivity index (χ0n) is 13.0. The summed E-state index contributed by atoms with van der Waals surface area (Å²) in [6, 6.07) is 10.0. The summed E-state index contributed by atoms with van der Waals surface area (Å²) in [4.78, 5) is 11.6. The Balaban J connectivity index is 2.02. The molecule has 0 fully saturated rings. The van der Waals surface area contributed by atoms with E-state index in [1.54, 1.807) is 26.4 Å². The van der Waals surface area contributed by atoms with Crippen LogP contribution in [0.15, 0.2) is 42.0 Å². The second-order valence-electron chi connectivity index (χ2n) is 5.47. The SMILES string of the molecule is COc1cc2c(cc1OC)C(C=O)/C(=C/c1ccc(F)cc1)C2. The quantitative estimate of drug-likeness (QED) is 0.806. The Morgan fingerprint density at radius 1 is 1.09 bits per heavy atom. The summed E-state index contributed by atoms with van der Waals surface area (Å²) >= 11 is 0. The van der Waals surface area contributed by atoms with E-state index in [4.69, 9.17) is 9.47 Å². The van der Waals surface area contributed by atoms with Gasteiger partial charge < -0.3 is 14.3 Å². The highest BCUT2D eigenvalue weighted by Gasteiger charge is 2.28. The molecule has 3 rings (SSSR count). The second-order valence-corrected chi connectivity index (χ2v) is 5.47. The van der Waals surface area contributed by atoms with Gasteiger partial charge >= 0.3 is 0 Å². The third-order valence-corrected chi connectivity index (χ3v) is 4.13. The van der Waals surface area contributed by atoms with Crippen molar-refractivity contribution in [3.8, 4) is 11.5 Å². The topological polar surface area (TPSA) is 35.5 Å². The fraction of sp³-hybridized carbons (Fsp3) is 0.211. The summed E-state index contributed by atoms with van der Waals surface area (Å²) < 4.78 is 23.7. The zero-order valence-corrected chi connectivity index (χ0v) is 13.0. The van der Waals surface area contributed by atoms with Gasteiger partial charge in [0, 0.05) is 0 Å². The molecule has 0 spiro atoms. The van der Waals surface area contributed by atoms with Crippen LogP contribution < -0.4 is 9.47 Å². The standard InChI is InChI=1S/C19H17FO3/c1-22-18-9-14-8-13(7-12-3-5-15(20)6-4-12)17(11-21)16(14)10-19(18)23-2/h3-7,9-11,17H,8H2,1-2H3/b13-7+. The maximum Gasteiger partial charge on any atom is 0.161 e. The summed E-state index contributed by atoms with van der Waals surface area (Å²) in [5, 5.41) is 0. The zero-order chi connectivity index (χ0) is 16.4. The van der Waals surface area contributed by atoms with E-state index in [1.165, 1.54) is 12.1 Å². The van der Waals surface area contributed by atoms with Crippen LogP contribution in [0.5, 0.6) is 11.5 Å². The van der Waals surface area contributed by atoms with Gasteiger partial charge in [-0.15, -0.1) is 0 Å². The number of halogens is 1. The van der Waals surface area contributed by atoms with Crippen LogP contribution in [0, 0.1) is 5.82 Å². The van der Waals surface area contributed by atoms with Gasteiger partial charge in [0.1, 0.15) is 12.1 Å². The van der Waals surface area contributed by atoms with E-state index < -0.39 is 0 Å². The maximum absolute atomic E-state index is 13.0. The van der Waals surface area contributed by atoms with E-state index in [0.29, 0.717) is 17.9 Å². The lowest BCUT2D eigenvalue weighted by Crippen LogP contribution is -1.99. The average molecular weight is 312 g/mol. The Bertz CT molecular complexity index is 763. The van der Waals surface area contributed by atoms with Crippen molar-refractivity contribution in [1.29, 1.82) is 0 Å². The lowest BCUT2D eigenvalue weighted by atomic mass is 9.97. The van der Waals surface area contributed by atoms with E-state index in [2.05, 4.69) is 0 Å². The van der Waals surface area contributed by atoms with Gasteiger partial charge in [-0.25, -0.2) is 4.39 Å². The molecule has 23 heavy (non-hydrogen) atoms. The van der Waals surface area contributed by atoms with Crippen LogP contribution in [0.3, 0.4) is 0 Å². The van der Waals surface area contributed by atoms with Crippen LogP contribution in [-0.4, -0.2) is 20.5 Å². The average Bonchev–Trinajstić information content (AvgIpc) is 2.91. The van der Waals surface area contributed by atoms with Crippen molar-refractivity contribution < 1.29 is 18.7 Å². The number of methoxy groups -OCH3 is 2. The van der Waals surface area contributed by atoms with Crippen molar-refractivity contribution in [2.45, 2.75) is 12.3 Å². The fourth-order valence-corrected chi connectivity index (χ4v) is 2.98. The Kier molecular flexibility index (Phi) is 4.15. The lowest BCUT2D eigenvalue weighted by molar-refractivity contribution is -0.108. The van der Waals surface area contributed by atoms with Crippen LogP contribution >= 0.6 is 0 Å². The normalized spacial score (nSPS) is 17.9. The molecule has 0 heterocycles. The first kappa shape index (κ1) is 15.3. The summed E-state index contributed by atoms with van der Waals surface area (Å²) in [7, 11) is 3.16. The third kappa shape index (κ3) is 2.84. The van der Waals surface area contributed by atoms with Crippen molar-refractivity contribution in [3.05, 3.63) is 64.5 Å². The first-order valence-electron chi connectivity index (χ1n) is 7.32. The molecule has 0 aliphatic heterocycles. The third-order valence-electron chi connectivity index (χ3n) is 4.13. The minimum absolute atomic E-state index is 0.275. The number of rotatable bonds is 4. The van der Waals surface area contributed by atoms with Crippen molar-refractivity contribution in [2.24, 2.45) is 0 Å². The van der Waals surface area contributed by atoms with Gasteiger partial charge in [0.25, 0.3) is 0 Å². The molecular weight excluding hydrogens is 295 g/mol. The molecule has 1 aliphatic rings. The predicted octanol–water partition coefficient (Wildman–Crippen LogP) is 3.77. The molecule has 0 saturated carbocycles. The van der Waals surface area contributed by atoms with E-state index in [9.17, 15) is 9.18 Å². The van der Waals surface area contributed by atoms with Gasteiger partial charge in [-0.05, 0) is 47.4 Å². The molecule has 0 aromatic heterocycles. The van der Waals surface area contributed by atoms with Crippen LogP contribution in [0.25, 0.3) is 6.08 Å².